The van der Waals surface area contributed by atoms with Gasteiger partial charge in [0.15, 0.2) is 0 Å². The van der Waals surface area contributed by atoms with Crippen LogP contribution in [0.2, 0.25) is 0 Å². The van der Waals surface area contributed by atoms with E-state index in [4.69, 9.17) is 0 Å². The Balaban J connectivity index is 3.01. The molecule has 0 aliphatic heterocycles. The van der Waals surface area contributed by atoms with Crippen molar-refractivity contribution in [3.05, 3.63) is 16.4 Å². The van der Waals surface area contributed by atoms with Gasteiger partial charge in [-0.25, -0.2) is 0 Å². The maximum atomic E-state index is 10.8. The van der Waals surface area contributed by atoms with Gasteiger partial charge in [-0.2, -0.15) is 5.10 Å². The van der Waals surface area contributed by atoms with Crippen molar-refractivity contribution in [2.45, 2.75) is 45.3 Å². The van der Waals surface area contributed by atoms with Crippen LogP contribution >= 0.6 is 15.9 Å². The van der Waals surface area contributed by atoms with Crippen LogP contribution in [0.3, 0.4) is 0 Å². The minimum atomic E-state index is -0.781. The first-order valence-electron chi connectivity index (χ1n) is 6.53. The first-order valence-corrected chi connectivity index (χ1v) is 7.32. The second-order valence-corrected chi connectivity index (χ2v) is 5.86. The van der Waals surface area contributed by atoms with Gasteiger partial charge in [0.05, 0.1) is 22.9 Å². The predicted octanol–water partition coefficient (Wildman–Crippen LogP) is 2.60. The van der Waals surface area contributed by atoms with Crippen LogP contribution in [-0.2, 0) is 12.1 Å². The molecule has 5 heteroatoms. The topological polar surface area (TPSA) is 41.3 Å². The van der Waals surface area contributed by atoms with E-state index in [0.29, 0.717) is 6.42 Å². The van der Waals surface area contributed by atoms with Crippen molar-refractivity contribution in [2.75, 3.05) is 20.6 Å². The summed E-state index contributed by atoms with van der Waals surface area (Å²) in [5, 5.41) is 15.2. The first kappa shape index (κ1) is 15.7. The van der Waals surface area contributed by atoms with Crippen molar-refractivity contribution >= 4 is 15.9 Å². The molecule has 18 heavy (non-hydrogen) atoms. The highest BCUT2D eigenvalue weighted by Gasteiger charge is 2.32. The third kappa shape index (κ3) is 3.56. The Bertz CT molecular complexity index is 378. The SMILES string of the molecule is CCCC(O)(CC)c1c(Br)cnn1CCN(C)C. The highest BCUT2D eigenvalue weighted by atomic mass is 79.9. The summed E-state index contributed by atoms with van der Waals surface area (Å²) >= 11 is 3.51. The molecule has 0 saturated heterocycles. The van der Waals surface area contributed by atoms with Crippen LogP contribution in [0.1, 0.15) is 38.8 Å². The maximum Gasteiger partial charge on any atom is 0.107 e. The smallest absolute Gasteiger partial charge is 0.107 e. The summed E-state index contributed by atoms with van der Waals surface area (Å²) in [5.74, 6) is 0. The first-order chi connectivity index (χ1) is 8.44. The molecule has 1 aromatic heterocycles. The summed E-state index contributed by atoms with van der Waals surface area (Å²) in [6.45, 7) is 5.81. The summed E-state index contributed by atoms with van der Waals surface area (Å²) in [6.07, 6.45) is 4.19. The average molecular weight is 318 g/mol. The molecule has 1 N–H and O–H groups in total. The third-order valence-electron chi connectivity index (χ3n) is 3.24. The molecule has 4 nitrogen and oxygen atoms in total. The fourth-order valence-electron chi connectivity index (χ4n) is 2.17. The summed E-state index contributed by atoms with van der Waals surface area (Å²) in [7, 11) is 4.08. The van der Waals surface area contributed by atoms with Gasteiger partial charge in [-0.05, 0) is 42.9 Å². The summed E-state index contributed by atoms with van der Waals surface area (Å²) in [5.41, 5.74) is 0.129. The summed E-state index contributed by atoms with van der Waals surface area (Å²) in [4.78, 5) is 2.12. The number of nitrogens with zero attached hydrogens (tertiary/aromatic N) is 3. The van der Waals surface area contributed by atoms with Crippen LogP contribution in [0, 0.1) is 0 Å². The van der Waals surface area contributed by atoms with Crippen LogP contribution < -0.4 is 0 Å². The molecule has 0 aromatic carbocycles. The molecular formula is C13H24BrN3O. The van der Waals surface area contributed by atoms with Crippen LogP contribution in [0.25, 0.3) is 0 Å². The Kier molecular flexibility index (Phi) is 5.82. The van der Waals surface area contributed by atoms with Crippen molar-refractivity contribution in [3.63, 3.8) is 0 Å². The van der Waals surface area contributed by atoms with Crippen molar-refractivity contribution in [3.8, 4) is 0 Å². The molecule has 0 bridgehead atoms. The van der Waals surface area contributed by atoms with E-state index >= 15 is 0 Å². The molecule has 0 spiro atoms. The number of likely N-dealkylation sites (N-methyl/N-ethyl adjacent to an activating group) is 1. The minimum Gasteiger partial charge on any atom is -0.384 e. The van der Waals surface area contributed by atoms with Gasteiger partial charge in [0.1, 0.15) is 5.60 Å². The van der Waals surface area contributed by atoms with E-state index in [1.807, 2.05) is 25.7 Å². The molecule has 1 atom stereocenters. The zero-order chi connectivity index (χ0) is 13.8. The van der Waals surface area contributed by atoms with Gasteiger partial charge in [-0.3, -0.25) is 4.68 Å². The number of aliphatic hydroxyl groups is 1. The van der Waals surface area contributed by atoms with E-state index in [9.17, 15) is 5.11 Å². The van der Waals surface area contributed by atoms with Crippen LogP contribution in [0.5, 0.6) is 0 Å². The monoisotopic (exact) mass is 317 g/mol. The lowest BCUT2D eigenvalue weighted by atomic mass is 9.91. The standard InChI is InChI=1S/C13H24BrN3O/c1-5-7-13(18,6-2)12-11(14)10-15-17(12)9-8-16(3)4/h10,18H,5-9H2,1-4H3. The number of hydrogen-bond donors (Lipinski definition) is 1. The second-order valence-electron chi connectivity index (χ2n) is 5.00. The Morgan fingerprint density at radius 3 is 2.61 bits per heavy atom. The zero-order valence-electron chi connectivity index (χ0n) is 11.8. The van der Waals surface area contributed by atoms with Crippen LogP contribution in [-0.4, -0.2) is 40.4 Å². The molecule has 0 aliphatic rings. The van der Waals surface area contributed by atoms with Crippen LogP contribution in [0.4, 0.5) is 0 Å². The van der Waals surface area contributed by atoms with Gasteiger partial charge in [0.2, 0.25) is 0 Å². The van der Waals surface area contributed by atoms with Gasteiger partial charge in [-0.1, -0.05) is 20.3 Å². The fraction of sp³-hybridized carbons (Fsp3) is 0.769. The maximum absolute atomic E-state index is 10.8. The van der Waals surface area contributed by atoms with E-state index < -0.39 is 5.60 Å². The Labute approximate surface area is 118 Å². The number of halogens is 1. The lowest BCUT2D eigenvalue weighted by molar-refractivity contribution is 0.0126. The van der Waals surface area contributed by atoms with Crippen molar-refractivity contribution in [1.29, 1.82) is 0 Å². The van der Waals surface area contributed by atoms with E-state index in [0.717, 1.165) is 36.1 Å². The molecule has 104 valence electrons. The molecule has 0 saturated carbocycles. The third-order valence-corrected chi connectivity index (χ3v) is 3.82. The van der Waals surface area contributed by atoms with Gasteiger partial charge >= 0.3 is 0 Å². The van der Waals surface area contributed by atoms with Crippen LogP contribution in [0.15, 0.2) is 10.7 Å². The Morgan fingerprint density at radius 2 is 2.11 bits per heavy atom. The average Bonchev–Trinajstić information content (AvgIpc) is 2.68. The molecule has 1 rings (SSSR count). The largest absolute Gasteiger partial charge is 0.384 e. The van der Waals surface area contributed by atoms with E-state index in [1.165, 1.54) is 0 Å². The molecule has 0 amide bonds. The summed E-state index contributed by atoms with van der Waals surface area (Å²) < 4.78 is 2.82. The second kappa shape index (κ2) is 6.68. The normalized spacial score (nSPS) is 15.1. The molecule has 1 heterocycles. The fourth-order valence-corrected chi connectivity index (χ4v) is 2.83. The lowest BCUT2D eigenvalue weighted by Crippen LogP contribution is -2.30. The highest BCUT2D eigenvalue weighted by molar-refractivity contribution is 9.10. The van der Waals surface area contributed by atoms with E-state index in [1.54, 1.807) is 6.20 Å². The Hall–Kier alpha value is -0.390. The lowest BCUT2D eigenvalue weighted by Gasteiger charge is -2.28. The number of rotatable bonds is 7. The predicted molar refractivity (Wildman–Crippen MR) is 77.6 cm³/mol. The minimum absolute atomic E-state index is 0.701. The van der Waals surface area contributed by atoms with Gasteiger partial charge in [0.25, 0.3) is 0 Å². The zero-order valence-corrected chi connectivity index (χ0v) is 13.4. The molecule has 1 aromatic rings. The molecular weight excluding hydrogens is 294 g/mol. The van der Waals surface area contributed by atoms with E-state index in [-0.39, 0.29) is 0 Å². The highest BCUT2D eigenvalue weighted by Crippen LogP contribution is 2.34. The number of aromatic nitrogens is 2. The quantitative estimate of drug-likeness (QED) is 0.840. The van der Waals surface area contributed by atoms with Gasteiger partial charge < -0.3 is 10.0 Å². The van der Waals surface area contributed by atoms with Gasteiger partial charge in [0, 0.05) is 6.54 Å². The van der Waals surface area contributed by atoms with Gasteiger partial charge in [-0.15, -0.1) is 0 Å². The summed E-state index contributed by atoms with van der Waals surface area (Å²) in [6, 6.07) is 0. The molecule has 0 aliphatic carbocycles. The van der Waals surface area contributed by atoms with Crippen molar-refractivity contribution in [1.82, 2.24) is 14.7 Å². The van der Waals surface area contributed by atoms with Crippen molar-refractivity contribution in [2.24, 2.45) is 0 Å². The van der Waals surface area contributed by atoms with E-state index in [2.05, 4.69) is 32.9 Å². The molecule has 1 unspecified atom stereocenters. The number of hydrogen-bond acceptors (Lipinski definition) is 3. The molecule has 0 fully saturated rings. The molecule has 0 radical (unpaired) electrons. The Morgan fingerprint density at radius 1 is 1.44 bits per heavy atom. The van der Waals surface area contributed by atoms with Crippen molar-refractivity contribution < 1.29 is 5.11 Å².